The highest BCUT2D eigenvalue weighted by Crippen LogP contribution is 2.36. The van der Waals surface area contributed by atoms with Crippen LogP contribution in [0.4, 0.5) is 0 Å². The van der Waals surface area contributed by atoms with Gasteiger partial charge in [0.05, 0.1) is 0 Å². The molecule has 0 bridgehead atoms. The second kappa shape index (κ2) is 6.58. The van der Waals surface area contributed by atoms with Crippen molar-refractivity contribution in [1.29, 1.82) is 0 Å². The Balaban J connectivity index is 1.55. The predicted molar refractivity (Wildman–Crippen MR) is 81.1 cm³/mol. The van der Waals surface area contributed by atoms with Crippen molar-refractivity contribution in [1.82, 2.24) is 4.90 Å². The van der Waals surface area contributed by atoms with E-state index in [-0.39, 0.29) is 0 Å². The Morgan fingerprint density at radius 3 is 2.37 bits per heavy atom. The molecule has 19 heavy (non-hydrogen) atoms. The van der Waals surface area contributed by atoms with Gasteiger partial charge in [-0.25, -0.2) is 0 Å². The fourth-order valence-electron chi connectivity index (χ4n) is 4.94. The number of piperidine rings is 1. The first-order valence-electron chi connectivity index (χ1n) is 8.84. The van der Waals surface area contributed by atoms with Crippen LogP contribution in [-0.2, 0) is 0 Å². The molecule has 2 aliphatic carbocycles. The highest BCUT2D eigenvalue weighted by Gasteiger charge is 2.34. The van der Waals surface area contributed by atoms with Crippen molar-refractivity contribution in [2.24, 2.45) is 17.6 Å². The van der Waals surface area contributed by atoms with Crippen LogP contribution >= 0.6 is 0 Å². The van der Waals surface area contributed by atoms with Gasteiger partial charge in [0.25, 0.3) is 0 Å². The normalized spacial score (nSPS) is 35.8. The molecule has 2 saturated carbocycles. The van der Waals surface area contributed by atoms with Crippen molar-refractivity contribution in [3.8, 4) is 0 Å². The van der Waals surface area contributed by atoms with Crippen LogP contribution < -0.4 is 5.73 Å². The molecule has 3 rings (SSSR count). The molecule has 0 amide bonds. The predicted octanol–water partition coefficient (Wildman–Crippen LogP) is 3.55. The Hall–Kier alpha value is -0.0800. The lowest BCUT2D eigenvalue weighted by atomic mass is 9.77. The second-order valence-electron chi connectivity index (χ2n) is 7.31. The zero-order valence-corrected chi connectivity index (χ0v) is 12.5. The zero-order valence-electron chi connectivity index (χ0n) is 12.5. The monoisotopic (exact) mass is 264 g/mol. The molecule has 2 heteroatoms. The highest BCUT2D eigenvalue weighted by molar-refractivity contribution is 4.90. The van der Waals surface area contributed by atoms with Crippen molar-refractivity contribution >= 4 is 0 Å². The first-order valence-corrected chi connectivity index (χ1v) is 8.84. The average Bonchev–Trinajstić information content (AvgIpc) is 2.48. The number of rotatable bonds is 3. The van der Waals surface area contributed by atoms with Crippen LogP contribution in [0.5, 0.6) is 0 Å². The second-order valence-corrected chi connectivity index (χ2v) is 7.31. The van der Waals surface area contributed by atoms with Crippen LogP contribution in [0.15, 0.2) is 0 Å². The van der Waals surface area contributed by atoms with E-state index in [0.29, 0.717) is 6.04 Å². The number of hydrogen-bond donors (Lipinski definition) is 1. The molecular weight excluding hydrogens is 232 g/mol. The van der Waals surface area contributed by atoms with Gasteiger partial charge in [0.1, 0.15) is 0 Å². The van der Waals surface area contributed by atoms with Crippen molar-refractivity contribution in [2.75, 3.05) is 13.1 Å². The van der Waals surface area contributed by atoms with E-state index in [4.69, 9.17) is 5.73 Å². The van der Waals surface area contributed by atoms with Gasteiger partial charge in [-0.15, -0.1) is 0 Å². The highest BCUT2D eigenvalue weighted by atomic mass is 15.2. The molecule has 0 radical (unpaired) electrons. The Kier molecular flexibility index (Phi) is 4.81. The SMILES string of the molecule is NC(CN1CCC[C@H]2CCCC[C@H]21)C1CCCCC1. The summed E-state index contributed by atoms with van der Waals surface area (Å²) in [4.78, 5) is 2.78. The summed E-state index contributed by atoms with van der Waals surface area (Å²) < 4.78 is 0. The molecule has 3 aliphatic rings. The Morgan fingerprint density at radius 2 is 1.53 bits per heavy atom. The smallest absolute Gasteiger partial charge is 0.0196 e. The van der Waals surface area contributed by atoms with Gasteiger partial charge in [0, 0.05) is 18.6 Å². The number of hydrogen-bond acceptors (Lipinski definition) is 2. The van der Waals surface area contributed by atoms with Crippen LogP contribution in [0.2, 0.25) is 0 Å². The summed E-state index contributed by atoms with van der Waals surface area (Å²) in [5.74, 6) is 1.82. The van der Waals surface area contributed by atoms with E-state index >= 15 is 0 Å². The van der Waals surface area contributed by atoms with E-state index in [1.807, 2.05) is 0 Å². The third-order valence-electron chi connectivity index (χ3n) is 6.06. The molecule has 1 aliphatic heterocycles. The molecule has 1 saturated heterocycles. The van der Waals surface area contributed by atoms with Gasteiger partial charge in [-0.1, -0.05) is 32.1 Å². The molecule has 110 valence electrons. The van der Waals surface area contributed by atoms with Gasteiger partial charge in [0.15, 0.2) is 0 Å². The van der Waals surface area contributed by atoms with E-state index in [1.165, 1.54) is 83.7 Å². The lowest BCUT2D eigenvalue weighted by Crippen LogP contribution is -2.52. The van der Waals surface area contributed by atoms with Crippen molar-refractivity contribution < 1.29 is 0 Å². The summed E-state index contributed by atoms with van der Waals surface area (Å²) >= 11 is 0. The zero-order chi connectivity index (χ0) is 13.1. The average molecular weight is 264 g/mol. The van der Waals surface area contributed by atoms with Crippen LogP contribution in [0.3, 0.4) is 0 Å². The van der Waals surface area contributed by atoms with Crippen molar-refractivity contribution in [3.63, 3.8) is 0 Å². The Bertz CT molecular complexity index is 270. The minimum Gasteiger partial charge on any atom is -0.326 e. The maximum Gasteiger partial charge on any atom is 0.0196 e. The Morgan fingerprint density at radius 1 is 0.842 bits per heavy atom. The summed E-state index contributed by atoms with van der Waals surface area (Å²) in [5.41, 5.74) is 6.56. The minimum absolute atomic E-state index is 0.445. The molecular formula is C17H32N2. The lowest BCUT2D eigenvalue weighted by molar-refractivity contribution is 0.0488. The molecule has 0 aromatic carbocycles. The number of nitrogens with zero attached hydrogens (tertiary/aromatic N) is 1. The molecule has 1 unspecified atom stereocenters. The van der Waals surface area contributed by atoms with E-state index < -0.39 is 0 Å². The fourth-order valence-corrected chi connectivity index (χ4v) is 4.94. The summed E-state index contributed by atoms with van der Waals surface area (Å²) in [6.07, 6.45) is 15.8. The van der Waals surface area contributed by atoms with Crippen molar-refractivity contribution in [3.05, 3.63) is 0 Å². The minimum atomic E-state index is 0.445. The number of likely N-dealkylation sites (tertiary alicyclic amines) is 1. The molecule has 0 aromatic rings. The maximum atomic E-state index is 6.56. The summed E-state index contributed by atoms with van der Waals surface area (Å²) in [5, 5.41) is 0. The molecule has 2 N–H and O–H groups in total. The lowest BCUT2D eigenvalue weighted by Gasteiger charge is -2.46. The maximum absolute atomic E-state index is 6.56. The number of nitrogens with two attached hydrogens (primary N) is 1. The first-order chi connectivity index (χ1) is 9.34. The molecule has 1 heterocycles. The third-order valence-corrected chi connectivity index (χ3v) is 6.06. The van der Waals surface area contributed by atoms with Gasteiger partial charge >= 0.3 is 0 Å². The van der Waals surface area contributed by atoms with Crippen LogP contribution in [0.25, 0.3) is 0 Å². The van der Waals surface area contributed by atoms with Gasteiger partial charge < -0.3 is 5.73 Å². The number of fused-ring (bicyclic) bond motifs is 1. The van der Waals surface area contributed by atoms with E-state index in [0.717, 1.165) is 17.9 Å². The topological polar surface area (TPSA) is 29.3 Å². The Labute approximate surface area is 119 Å². The largest absolute Gasteiger partial charge is 0.326 e. The fraction of sp³-hybridized carbons (Fsp3) is 1.00. The quantitative estimate of drug-likeness (QED) is 0.844. The summed E-state index contributed by atoms with van der Waals surface area (Å²) in [6.45, 7) is 2.51. The van der Waals surface area contributed by atoms with Crippen LogP contribution in [0.1, 0.15) is 70.6 Å². The molecule has 0 aromatic heterocycles. The first kappa shape index (κ1) is 13.9. The molecule has 3 atom stereocenters. The summed E-state index contributed by atoms with van der Waals surface area (Å²) in [7, 11) is 0. The van der Waals surface area contributed by atoms with E-state index in [9.17, 15) is 0 Å². The van der Waals surface area contributed by atoms with E-state index in [1.54, 1.807) is 0 Å². The van der Waals surface area contributed by atoms with E-state index in [2.05, 4.69) is 4.90 Å². The van der Waals surface area contributed by atoms with Gasteiger partial charge in [-0.05, 0) is 56.9 Å². The van der Waals surface area contributed by atoms with Crippen LogP contribution in [0, 0.1) is 11.8 Å². The van der Waals surface area contributed by atoms with Crippen LogP contribution in [-0.4, -0.2) is 30.1 Å². The van der Waals surface area contributed by atoms with Gasteiger partial charge in [-0.3, -0.25) is 4.90 Å². The standard InChI is InChI=1S/C17H32N2/c18-16(14-7-2-1-3-8-14)13-19-12-6-10-15-9-4-5-11-17(15)19/h14-17H,1-13,18H2/t15-,16?,17-/m1/s1. The summed E-state index contributed by atoms with van der Waals surface area (Å²) in [6, 6.07) is 1.33. The van der Waals surface area contributed by atoms with Gasteiger partial charge in [0.2, 0.25) is 0 Å². The molecule has 0 spiro atoms. The van der Waals surface area contributed by atoms with Crippen molar-refractivity contribution in [2.45, 2.75) is 82.7 Å². The molecule has 2 nitrogen and oxygen atoms in total. The van der Waals surface area contributed by atoms with Gasteiger partial charge in [-0.2, -0.15) is 0 Å². The molecule has 3 fully saturated rings. The third kappa shape index (κ3) is 3.33.